The molecule has 1 aromatic rings. The van der Waals surface area contributed by atoms with Crippen LogP contribution < -0.4 is 5.46 Å². The molecule has 0 aliphatic heterocycles. The maximum atomic E-state index is 5.83. The van der Waals surface area contributed by atoms with Gasteiger partial charge in [-0.3, -0.25) is 0 Å². The van der Waals surface area contributed by atoms with Gasteiger partial charge >= 0.3 is 0 Å². The second-order valence-electron chi connectivity index (χ2n) is 2.99. The Morgan fingerprint density at radius 2 is 1.33 bits per heavy atom. The van der Waals surface area contributed by atoms with Crippen molar-refractivity contribution in [3.63, 3.8) is 0 Å². The number of rotatable bonds is 0. The zero-order valence-corrected chi connectivity index (χ0v) is 9.26. The predicted octanol–water partition coefficient (Wildman–Crippen LogP) is 1.98. The van der Waals surface area contributed by atoms with Crippen LogP contribution in [-0.4, -0.2) is 7.85 Å². The molecule has 0 saturated heterocycles. The Morgan fingerprint density at radius 1 is 0.833 bits per heavy atom. The molecule has 0 nitrogen and oxygen atoms in total. The molecule has 0 aliphatic rings. The first kappa shape index (κ1) is 10.1. The van der Waals surface area contributed by atoms with Crippen LogP contribution in [0.25, 0.3) is 0 Å². The van der Waals surface area contributed by atoms with E-state index in [0.29, 0.717) is 0 Å². The third-order valence-corrected chi connectivity index (χ3v) is 3.56. The summed E-state index contributed by atoms with van der Waals surface area (Å²) in [5.41, 5.74) is 4.21. The molecule has 0 atom stereocenters. The highest BCUT2D eigenvalue weighted by atomic mass is 32.1. The molecule has 0 amide bonds. The summed E-state index contributed by atoms with van der Waals surface area (Å²) in [6, 6.07) is 0. The topological polar surface area (TPSA) is 0 Å². The zero-order chi connectivity index (χ0) is 9.46. The lowest BCUT2D eigenvalue weighted by atomic mass is 9.87. The lowest BCUT2D eigenvalue weighted by Gasteiger charge is -2.14. The molecule has 0 bridgehead atoms. The lowest BCUT2D eigenvalue weighted by molar-refractivity contribution is 1.13. The second kappa shape index (κ2) is 3.39. The monoisotopic (exact) mass is 194 g/mol. The van der Waals surface area contributed by atoms with Gasteiger partial charge in [-0.15, -0.1) is 25.3 Å². The summed E-state index contributed by atoms with van der Waals surface area (Å²) in [6.45, 7) is 6.09. The molecule has 3 heteroatoms. The van der Waals surface area contributed by atoms with E-state index >= 15 is 0 Å². The minimum absolute atomic E-state index is 0.742. The maximum absolute atomic E-state index is 5.83. The van der Waals surface area contributed by atoms with Gasteiger partial charge in [0, 0.05) is 9.79 Å². The van der Waals surface area contributed by atoms with Gasteiger partial charge in [0.25, 0.3) is 0 Å². The normalized spacial score (nSPS) is 10.4. The van der Waals surface area contributed by atoms with Crippen molar-refractivity contribution in [2.75, 3.05) is 0 Å². The molecule has 0 fully saturated rings. The molecule has 12 heavy (non-hydrogen) atoms. The van der Waals surface area contributed by atoms with E-state index in [1.807, 2.05) is 20.8 Å². The van der Waals surface area contributed by atoms with Gasteiger partial charge in [0.15, 0.2) is 0 Å². The lowest BCUT2D eigenvalue weighted by Crippen LogP contribution is -2.13. The molecular formula is C9H11BS2. The molecule has 0 spiro atoms. The Kier molecular flexibility index (Phi) is 2.84. The molecular weight excluding hydrogens is 183 g/mol. The molecule has 0 unspecified atom stereocenters. The predicted molar refractivity (Wildman–Crippen MR) is 60.5 cm³/mol. The van der Waals surface area contributed by atoms with E-state index in [1.165, 1.54) is 5.56 Å². The van der Waals surface area contributed by atoms with Gasteiger partial charge in [-0.2, -0.15) is 0 Å². The van der Waals surface area contributed by atoms with E-state index in [4.69, 9.17) is 7.85 Å². The third-order valence-electron chi connectivity index (χ3n) is 2.36. The Balaban J connectivity index is 3.60. The molecule has 0 aromatic heterocycles. The highest BCUT2D eigenvalue weighted by molar-refractivity contribution is 7.83. The van der Waals surface area contributed by atoms with E-state index in [0.717, 1.165) is 26.4 Å². The first-order valence-corrected chi connectivity index (χ1v) is 4.63. The maximum Gasteiger partial charge on any atom is 0.115 e. The Labute approximate surface area is 86.0 Å². The summed E-state index contributed by atoms with van der Waals surface area (Å²) in [5, 5.41) is 0. The fourth-order valence-electron chi connectivity index (χ4n) is 1.14. The van der Waals surface area contributed by atoms with Crippen LogP contribution >= 0.6 is 25.3 Å². The minimum Gasteiger partial charge on any atom is -0.143 e. The van der Waals surface area contributed by atoms with Crippen molar-refractivity contribution in [3.8, 4) is 0 Å². The standard InChI is InChI=1S/C9H11BS2/c1-4-5(2)7(10)9(12)8(11)6(4)3/h11-12H,1-3H3. The molecule has 0 saturated carbocycles. The molecule has 0 heterocycles. The fraction of sp³-hybridized carbons (Fsp3) is 0.333. The number of thiol groups is 2. The summed E-state index contributed by atoms with van der Waals surface area (Å²) < 4.78 is 0. The fourth-order valence-corrected chi connectivity index (χ4v) is 1.77. The summed E-state index contributed by atoms with van der Waals surface area (Å²) in [5.74, 6) is 0. The van der Waals surface area contributed by atoms with Gasteiger partial charge in [0.1, 0.15) is 7.85 Å². The third kappa shape index (κ3) is 1.40. The van der Waals surface area contributed by atoms with Crippen LogP contribution in [0.2, 0.25) is 0 Å². The number of hydrogen-bond acceptors (Lipinski definition) is 2. The Bertz CT molecular complexity index is 227. The number of hydrogen-bond donors (Lipinski definition) is 2. The largest absolute Gasteiger partial charge is 0.143 e. The van der Waals surface area contributed by atoms with Crippen LogP contribution in [0.5, 0.6) is 0 Å². The second-order valence-corrected chi connectivity index (χ2v) is 3.88. The van der Waals surface area contributed by atoms with Crippen LogP contribution in [0.1, 0.15) is 16.7 Å². The molecule has 0 N–H and O–H groups in total. The summed E-state index contributed by atoms with van der Waals surface area (Å²) in [4.78, 5) is 1.68. The van der Waals surface area contributed by atoms with Gasteiger partial charge in [-0.1, -0.05) is 11.0 Å². The van der Waals surface area contributed by atoms with Crippen molar-refractivity contribution >= 4 is 38.6 Å². The molecule has 1 rings (SSSR count). The SMILES string of the molecule is [B]c1c(C)c(C)c(C)c(S)c1S. The first-order valence-electron chi connectivity index (χ1n) is 3.74. The average molecular weight is 194 g/mol. The van der Waals surface area contributed by atoms with Crippen LogP contribution in [-0.2, 0) is 0 Å². The van der Waals surface area contributed by atoms with Crippen molar-refractivity contribution in [3.05, 3.63) is 16.7 Å². The van der Waals surface area contributed by atoms with Crippen molar-refractivity contribution < 1.29 is 0 Å². The van der Waals surface area contributed by atoms with Crippen LogP contribution in [0, 0.1) is 20.8 Å². The van der Waals surface area contributed by atoms with E-state index in [1.54, 1.807) is 0 Å². The van der Waals surface area contributed by atoms with Crippen LogP contribution in [0.4, 0.5) is 0 Å². The van der Waals surface area contributed by atoms with Crippen molar-refractivity contribution in [1.29, 1.82) is 0 Å². The smallest absolute Gasteiger partial charge is 0.115 e. The molecule has 2 radical (unpaired) electrons. The zero-order valence-electron chi connectivity index (χ0n) is 7.47. The van der Waals surface area contributed by atoms with Crippen LogP contribution in [0.3, 0.4) is 0 Å². The highest BCUT2D eigenvalue weighted by Gasteiger charge is 2.08. The van der Waals surface area contributed by atoms with Crippen molar-refractivity contribution in [2.45, 2.75) is 30.6 Å². The van der Waals surface area contributed by atoms with Gasteiger partial charge < -0.3 is 0 Å². The van der Waals surface area contributed by atoms with Gasteiger partial charge in [-0.05, 0) is 31.9 Å². The van der Waals surface area contributed by atoms with Crippen molar-refractivity contribution in [2.24, 2.45) is 0 Å². The number of benzene rings is 1. The van der Waals surface area contributed by atoms with E-state index < -0.39 is 0 Å². The Morgan fingerprint density at radius 3 is 1.83 bits per heavy atom. The van der Waals surface area contributed by atoms with E-state index in [-0.39, 0.29) is 0 Å². The summed E-state index contributed by atoms with van der Waals surface area (Å²) >= 11 is 8.64. The van der Waals surface area contributed by atoms with E-state index in [9.17, 15) is 0 Å². The molecule has 62 valence electrons. The quantitative estimate of drug-likeness (QED) is 0.458. The minimum atomic E-state index is 0.742. The summed E-state index contributed by atoms with van der Waals surface area (Å²) in [7, 11) is 5.83. The van der Waals surface area contributed by atoms with Gasteiger partial charge in [0.2, 0.25) is 0 Å². The van der Waals surface area contributed by atoms with Crippen molar-refractivity contribution in [1.82, 2.24) is 0 Å². The van der Waals surface area contributed by atoms with Gasteiger partial charge in [-0.25, -0.2) is 0 Å². The highest BCUT2D eigenvalue weighted by Crippen LogP contribution is 2.24. The van der Waals surface area contributed by atoms with Gasteiger partial charge in [0.05, 0.1) is 0 Å². The average Bonchev–Trinajstić information content (AvgIpc) is 2.08. The molecule has 0 aliphatic carbocycles. The summed E-state index contributed by atoms with van der Waals surface area (Å²) in [6.07, 6.45) is 0. The van der Waals surface area contributed by atoms with Crippen LogP contribution in [0.15, 0.2) is 9.79 Å². The Hall–Kier alpha value is -0.0151. The van der Waals surface area contributed by atoms with E-state index in [2.05, 4.69) is 25.3 Å². The first-order chi connectivity index (χ1) is 5.46. The molecule has 1 aromatic carbocycles.